The minimum Gasteiger partial charge on any atom is -0.463 e. The molecule has 0 amide bonds. The van der Waals surface area contributed by atoms with Crippen LogP contribution in [0.2, 0.25) is 0 Å². The van der Waals surface area contributed by atoms with Gasteiger partial charge in [0, 0.05) is 19.0 Å². The first-order valence-electron chi connectivity index (χ1n) is 7.77. The van der Waals surface area contributed by atoms with Crippen molar-refractivity contribution in [1.82, 2.24) is 9.44 Å². The maximum Gasteiger partial charge on any atom is 0.302 e. The van der Waals surface area contributed by atoms with Crippen LogP contribution in [-0.2, 0) is 34.0 Å². The molecule has 0 aliphatic rings. The van der Waals surface area contributed by atoms with Crippen LogP contribution in [0.1, 0.15) is 27.7 Å². The number of ether oxygens (including phenoxy) is 4. The van der Waals surface area contributed by atoms with Crippen LogP contribution in [0.25, 0.3) is 0 Å². The molecule has 0 radical (unpaired) electrons. The Bertz CT molecular complexity index is 435. The van der Waals surface area contributed by atoms with Crippen molar-refractivity contribution in [2.75, 3.05) is 52.8 Å². The van der Waals surface area contributed by atoms with Gasteiger partial charge in [0.15, 0.2) is 0 Å². The second-order valence-electron chi connectivity index (χ2n) is 5.93. The zero-order valence-corrected chi connectivity index (χ0v) is 15.7. The number of nitrogens with one attached hydrogen (secondary N) is 2. The van der Waals surface area contributed by atoms with Crippen LogP contribution in [0.4, 0.5) is 0 Å². The Morgan fingerprint density at radius 3 is 1.79 bits per heavy atom. The average molecular weight is 370 g/mol. The minimum absolute atomic E-state index is 0.185. The lowest BCUT2D eigenvalue weighted by Gasteiger charge is -2.20. The molecule has 0 aliphatic heterocycles. The van der Waals surface area contributed by atoms with Crippen molar-refractivity contribution >= 4 is 16.2 Å². The third-order valence-electron chi connectivity index (χ3n) is 2.26. The standard InChI is InChI=1S/C14H30N2O7S/c1-13(17)23-12-11-22-10-9-21-8-7-20-6-5-15-24(18,19)16-14(2,3)4/h15-16H,5-12H2,1-4H3. The summed E-state index contributed by atoms with van der Waals surface area (Å²) in [6.45, 7) is 9.21. The molecule has 0 rings (SSSR count). The van der Waals surface area contributed by atoms with Gasteiger partial charge < -0.3 is 18.9 Å². The van der Waals surface area contributed by atoms with Crippen molar-refractivity contribution < 1.29 is 32.2 Å². The van der Waals surface area contributed by atoms with Crippen LogP contribution in [0.3, 0.4) is 0 Å². The number of hydrogen-bond donors (Lipinski definition) is 2. The molecule has 2 N–H and O–H groups in total. The molecule has 0 atom stereocenters. The Kier molecular flexibility index (Phi) is 12.2. The van der Waals surface area contributed by atoms with Gasteiger partial charge in [0.2, 0.25) is 0 Å². The van der Waals surface area contributed by atoms with E-state index < -0.39 is 15.7 Å². The quantitative estimate of drug-likeness (QED) is 0.322. The van der Waals surface area contributed by atoms with Crippen LogP contribution in [0.5, 0.6) is 0 Å². The third-order valence-corrected chi connectivity index (χ3v) is 3.72. The smallest absolute Gasteiger partial charge is 0.302 e. The molecule has 0 unspecified atom stereocenters. The fourth-order valence-electron chi connectivity index (χ4n) is 1.47. The zero-order valence-electron chi connectivity index (χ0n) is 14.9. The predicted octanol–water partition coefficient (Wildman–Crippen LogP) is -0.178. The van der Waals surface area contributed by atoms with Crippen molar-refractivity contribution in [3.63, 3.8) is 0 Å². The summed E-state index contributed by atoms with van der Waals surface area (Å²) in [5, 5.41) is 0. The number of carbonyl (C=O) groups is 1. The van der Waals surface area contributed by atoms with Crippen LogP contribution < -0.4 is 9.44 Å². The van der Waals surface area contributed by atoms with Crippen molar-refractivity contribution in [2.24, 2.45) is 0 Å². The second-order valence-corrected chi connectivity index (χ2v) is 7.43. The molecule has 0 aromatic heterocycles. The van der Waals surface area contributed by atoms with Crippen LogP contribution >= 0.6 is 0 Å². The van der Waals surface area contributed by atoms with E-state index in [0.29, 0.717) is 33.0 Å². The van der Waals surface area contributed by atoms with Gasteiger partial charge in [0.25, 0.3) is 10.2 Å². The number of rotatable bonds is 14. The van der Waals surface area contributed by atoms with Crippen LogP contribution in [0, 0.1) is 0 Å². The molecule has 0 aromatic carbocycles. The highest BCUT2D eigenvalue weighted by atomic mass is 32.2. The summed E-state index contributed by atoms with van der Waals surface area (Å²) in [4.78, 5) is 10.5. The van der Waals surface area contributed by atoms with E-state index in [1.165, 1.54) is 6.92 Å². The number of hydrogen-bond acceptors (Lipinski definition) is 7. The Morgan fingerprint density at radius 1 is 0.875 bits per heavy atom. The van der Waals surface area contributed by atoms with Gasteiger partial charge in [-0.1, -0.05) is 0 Å². The summed E-state index contributed by atoms with van der Waals surface area (Å²) in [5.74, 6) is -0.330. The highest BCUT2D eigenvalue weighted by Gasteiger charge is 2.18. The second kappa shape index (κ2) is 12.6. The lowest BCUT2D eigenvalue weighted by atomic mass is 10.1. The molecular weight excluding hydrogens is 340 g/mol. The summed E-state index contributed by atoms with van der Waals surface area (Å²) in [7, 11) is -3.52. The molecule has 0 fully saturated rings. The molecule has 0 saturated heterocycles. The van der Waals surface area contributed by atoms with E-state index in [2.05, 4.69) is 9.44 Å². The Hall–Kier alpha value is -0.780. The van der Waals surface area contributed by atoms with E-state index in [1.807, 2.05) is 0 Å². The average Bonchev–Trinajstić information content (AvgIpc) is 2.40. The maximum atomic E-state index is 11.6. The van der Waals surface area contributed by atoms with Crippen molar-refractivity contribution in [3.05, 3.63) is 0 Å². The van der Waals surface area contributed by atoms with E-state index in [-0.39, 0.29) is 25.7 Å². The summed E-state index contributed by atoms with van der Waals surface area (Å²) in [5.41, 5.74) is -0.527. The third kappa shape index (κ3) is 17.6. The molecule has 144 valence electrons. The SMILES string of the molecule is CC(=O)OCCOCCOCCOCCNS(=O)(=O)NC(C)(C)C. The summed E-state index contributed by atoms with van der Waals surface area (Å²) < 4.78 is 48.5. The summed E-state index contributed by atoms with van der Waals surface area (Å²) >= 11 is 0. The zero-order chi connectivity index (χ0) is 18.5. The van der Waals surface area contributed by atoms with Crippen molar-refractivity contribution in [2.45, 2.75) is 33.2 Å². The molecule has 10 heteroatoms. The van der Waals surface area contributed by atoms with Gasteiger partial charge in [-0.15, -0.1) is 0 Å². The Labute approximate surface area is 144 Å². The van der Waals surface area contributed by atoms with Crippen LogP contribution in [-0.4, -0.2) is 72.7 Å². The lowest BCUT2D eigenvalue weighted by molar-refractivity contribution is -0.142. The first-order valence-corrected chi connectivity index (χ1v) is 9.26. The fraction of sp³-hybridized carbons (Fsp3) is 0.929. The van der Waals surface area contributed by atoms with Gasteiger partial charge in [0.1, 0.15) is 6.61 Å². The Morgan fingerprint density at radius 2 is 1.33 bits per heavy atom. The van der Waals surface area contributed by atoms with E-state index >= 15 is 0 Å². The highest BCUT2D eigenvalue weighted by Crippen LogP contribution is 1.99. The maximum absolute atomic E-state index is 11.6. The Balaban J connectivity index is 3.36. The fourth-order valence-corrected chi connectivity index (χ4v) is 2.70. The van der Waals surface area contributed by atoms with E-state index in [4.69, 9.17) is 18.9 Å². The molecule has 0 spiro atoms. The molecule has 0 heterocycles. The van der Waals surface area contributed by atoms with Crippen LogP contribution in [0.15, 0.2) is 0 Å². The number of esters is 1. The van der Waals surface area contributed by atoms with E-state index in [0.717, 1.165) is 0 Å². The van der Waals surface area contributed by atoms with E-state index in [1.54, 1.807) is 20.8 Å². The van der Waals surface area contributed by atoms with Crippen molar-refractivity contribution in [1.29, 1.82) is 0 Å². The minimum atomic E-state index is -3.52. The molecule has 0 bridgehead atoms. The molecule has 24 heavy (non-hydrogen) atoms. The van der Waals surface area contributed by atoms with Crippen molar-refractivity contribution in [3.8, 4) is 0 Å². The lowest BCUT2D eigenvalue weighted by Crippen LogP contribution is -2.47. The summed E-state index contributed by atoms with van der Waals surface area (Å²) in [6, 6.07) is 0. The van der Waals surface area contributed by atoms with Gasteiger partial charge >= 0.3 is 5.97 Å². The van der Waals surface area contributed by atoms with E-state index in [9.17, 15) is 13.2 Å². The molecule has 0 saturated carbocycles. The largest absolute Gasteiger partial charge is 0.463 e. The molecular formula is C14H30N2O7S. The van der Waals surface area contributed by atoms with Gasteiger partial charge in [-0.2, -0.15) is 17.9 Å². The summed E-state index contributed by atoms with van der Waals surface area (Å²) in [6.07, 6.45) is 0. The number of carbonyl (C=O) groups excluding carboxylic acids is 1. The normalized spacial score (nSPS) is 12.3. The topological polar surface area (TPSA) is 112 Å². The van der Waals surface area contributed by atoms with Gasteiger partial charge in [-0.05, 0) is 20.8 Å². The van der Waals surface area contributed by atoms with Gasteiger partial charge in [0.05, 0.1) is 39.6 Å². The predicted molar refractivity (Wildman–Crippen MR) is 88.9 cm³/mol. The molecule has 0 aliphatic carbocycles. The monoisotopic (exact) mass is 370 g/mol. The molecule has 9 nitrogen and oxygen atoms in total. The van der Waals surface area contributed by atoms with Gasteiger partial charge in [-0.25, -0.2) is 0 Å². The van der Waals surface area contributed by atoms with Gasteiger partial charge in [-0.3, -0.25) is 4.79 Å². The first-order chi connectivity index (χ1) is 11.1. The first kappa shape index (κ1) is 23.2. The highest BCUT2D eigenvalue weighted by molar-refractivity contribution is 7.87. The molecule has 0 aromatic rings.